The van der Waals surface area contributed by atoms with Gasteiger partial charge in [0.15, 0.2) is 17.2 Å². The van der Waals surface area contributed by atoms with Crippen LogP contribution in [0.25, 0.3) is 6.08 Å². The molecule has 0 aromatic heterocycles. The first kappa shape index (κ1) is 17.8. The largest absolute Gasteiger partial charge is 0.493 e. The Kier molecular flexibility index (Phi) is 5.29. The second-order valence-corrected chi connectivity index (χ2v) is 6.62. The highest BCUT2D eigenvalue weighted by Gasteiger charge is 2.25. The monoisotopic (exact) mass is 469 g/mol. The van der Waals surface area contributed by atoms with Crippen LogP contribution in [0, 0.1) is 3.57 Å². The van der Waals surface area contributed by atoms with Gasteiger partial charge in [0.1, 0.15) is 0 Å². The molecule has 2 aromatic carbocycles. The Bertz CT molecular complexity index is 908. The summed E-state index contributed by atoms with van der Waals surface area (Å²) in [6.45, 7) is 0. The van der Waals surface area contributed by atoms with E-state index >= 15 is 0 Å². The second-order valence-electron chi connectivity index (χ2n) is 5.05. The van der Waals surface area contributed by atoms with Crippen molar-refractivity contribution in [3.8, 4) is 11.5 Å². The van der Waals surface area contributed by atoms with Crippen LogP contribution in [-0.2, 0) is 9.53 Å². The number of esters is 1. The second kappa shape index (κ2) is 7.45. The maximum absolute atomic E-state index is 12.1. The van der Waals surface area contributed by atoms with Crippen LogP contribution < -0.4 is 9.47 Å². The number of hydrogen-bond donors (Lipinski definition) is 0. The molecule has 3 rings (SSSR count). The van der Waals surface area contributed by atoms with Crippen molar-refractivity contribution in [2.24, 2.45) is 4.99 Å². The van der Waals surface area contributed by atoms with Crippen LogP contribution in [-0.4, -0.2) is 26.1 Å². The van der Waals surface area contributed by atoms with E-state index in [1.165, 1.54) is 0 Å². The molecule has 0 fully saturated rings. The maximum atomic E-state index is 12.1. The van der Waals surface area contributed by atoms with Crippen molar-refractivity contribution < 1.29 is 19.0 Å². The zero-order valence-electron chi connectivity index (χ0n) is 13.4. The molecule has 0 aliphatic carbocycles. The molecule has 25 heavy (non-hydrogen) atoms. The van der Waals surface area contributed by atoms with Crippen molar-refractivity contribution in [1.29, 1.82) is 0 Å². The minimum atomic E-state index is -0.528. The number of benzene rings is 2. The average Bonchev–Trinajstić information content (AvgIpc) is 2.95. The van der Waals surface area contributed by atoms with E-state index in [9.17, 15) is 4.79 Å². The lowest BCUT2D eigenvalue weighted by Crippen LogP contribution is -2.05. The minimum Gasteiger partial charge on any atom is -0.493 e. The smallest absolute Gasteiger partial charge is 0.363 e. The third-order valence-electron chi connectivity index (χ3n) is 3.48. The van der Waals surface area contributed by atoms with Gasteiger partial charge in [0.05, 0.1) is 28.4 Å². The van der Waals surface area contributed by atoms with Crippen LogP contribution in [0.15, 0.2) is 47.1 Å². The Morgan fingerprint density at radius 1 is 1.20 bits per heavy atom. The Morgan fingerprint density at radius 3 is 2.64 bits per heavy atom. The number of carbonyl (C=O) groups is 1. The van der Waals surface area contributed by atoms with E-state index in [1.54, 1.807) is 50.6 Å². The fourth-order valence-electron chi connectivity index (χ4n) is 2.34. The van der Waals surface area contributed by atoms with Gasteiger partial charge in [-0.1, -0.05) is 23.7 Å². The van der Waals surface area contributed by atoms with Crippen molar-refractivity contribution in [2.45, 2.75) is 0 Å². The molecule has 1 aliphatic heterocycles. The molecule has 128 valence electrons. The van der Waals surface area contributed by atoms with E-state index in [4.69, 9.17) is 25.8 Å². The van der Waals surface area contributed by atoms with E-state index in [0.717, 1.165) is 9.13 Å². The number of rotatable bonds is 4. The first-order valence-corrected chi connectivity index (χ1v) is 8.68. The Morgan fingerprint density at radius 2 is 1.96 bits per heavy atom. The normalized spacial score (nSPS) is 15.1. The summed E-state index contributed by atoms with van der Waals surface area (Å²) in [5, 5.41) is 0.468. The summed E-state index contributed by atoms with van der Waals surface area (Å²) in [5.41, 5.74) is 1.51. The molecule has 0 N–H and O–H groups in total. The molecule has 0 saturated heterocycles. The molecule has 1 heterocycles. The summed E-state index contributed by atoms with van der Waals surface area (Å²) in [6.07, 6.45) is 1.64. The topological polar surface area (TPSA) is 57.1 Å². The predicted octanol–water partition coefficient (Wildman–Crippen LogP) is 4.31. The van der Waals surface area contributed by atoms with Crippen LogP contribution in [0.2, 0.25) is 5.02 Å². The number of ether oxygens (including phenoxy) is 3. The molecule has 0 unspecified atom stereocenters. The van der Waals surface area contributed by atoms with Crippen molar-refractivity contribution in [1.82, 2.24) is 0 Å². The number of methoxy groups -OCH3 is 2. The van der Waals surface area contributed by atoms with Gasteiger partial charge >= 0.3 is 5.97 Å². The van der Waals surface area contributed by atoms with Crippen LogP contribution in [0.1, 0.15) is 11.1 Å². The SMILES string of the molecule is COc1cc(C=C2N=C(c3ccccc3Cl)OC2=O)cc(I)c1OC. The van der Waals surface area contributed by atoms with Crippen molar-refractivity contribution in [3.63, 3.8) is 0 Å². The molecule has 0 amide bonds. The molecular weight excluding hydrogens is 457 g/mol. The van der Waals surface area contributed by atoms with Crippen LogP contribution in [0.5, 0.6) is 11.5 Å². The Hall–Kier alpha value is -2.06. The third-order valence-corrected chi connectivity index (χ3v) is 4.61. The van der Waals surface area contributed by atoms with E-state index in [1.807, 2.05) is 6.07 Å². The van der Waals surface area contributed by atoms with Gasteiger partial charge in [0.2, 0.25) is 5.90 Å². The summed E-state index contributed by atoms with van der Waals surface area (Å²) in [4.78, 5) is 16.4. The molecule has 0 saturated carbocycles. The quantitative estimate of drug-likeness (QED) is 0.380. The molecule has 0 radical (unpaired) electrons. The predicted molar refractivity (Wildman–Crippen MR) is 104 cm³/mol. The van der Waals surface area contributed by atoms with Crippen molar-refractivity contribution in [2.75, 3.05) is 14.2 Å². The summed E-state index contributed by atoms with van der Waals surface area (Å²) >= 11 is 8.27. The third kappa shape index (κ3) is 3.64. The molecule has 1 aliphatic rings. The standard InChI is InChI=1S/C18H13ClINO4/c1-23-15-9-10(7-13(20)16(15)24-2)8-14-18(22)25-17(21-14)11-5-3-4-6-12(11)19/h3-9H,1-2H3. The van der Waals surface area contributed by atoms with Gasteiger partial charge in [-0.2, -0.15) is 0 Å². The average molecular weight is 470 g/mol. The van der Waals surface area contributed by atoms with Crippen LogP contribution >= 0.6 is 34.2 Å². The van der Waals surface area contributed by atoms with Crippen molar-refractivity contribution in [3.05, 3.63) is 61.8 Å². The van der Waals surface area contributed by atoms with Gasteiger partial charge in [-0.25, -0.2) is 9.79 Å². The van der Waals surface area contributed by atoms with Gasteiger partial charge in [-0.3, -0.25) is 0 Å². The number of carbonyl (C=O) groups excluding carboxylic acids is 1. The van der Waals surface area contributed by atoms with E-state index in [2.05, 4.69) is 27.6 Å². The van der Waals surface area contributed by atoms with E-state index in [-0.39, 0.29) is 11.6 Å². The summed E-state index contributed by atoms with van der Waals surface area (Å²) in [6, 6.07) is 10.7. The fourth-order valence-corrected chi connectivity index (χ4v) is 3.40. The lowest BCUT2D eigenvalue weighted by molar-refractivity contribution is -0.129. The highest BCUT2D eigenvalue weighted by atomic mass is 127. The molecule has 5 nitrogen and oxygen atoms in total. The summed E-state index contributed by atoms with van der Waals surface area (Å²) in [5.74, 6) is 0.874. The molecule has 0 spiro atoms. The summed E-state index contributed by atoms with van der Waals surface area (Å²) < 4.78 is 16.7. The minimum absolute atomic E-state index is 0.192. The number of hydrogen-bond acceptors (Lipinski definition) is 5. The number of cyclic esters (lactones) is 1. The van der Waals surface area contributed by atoms with Crippen LogP contribution in [0.3, 0.4) is 0 Å². The van der Waals surface area contributed by atoms with Gasteiger partial charge < -0.3 is 14.2 Å². The number of halogens is 2. The molecular formula is C18H13ClINO4. The van der Waals surface area contributed by atoms with E-state index in [0.29, 0.717) is 22.1 Å². The van der Waals surface area contributed by atoms with Gasteiger partial charge in [-0.05, 0) is 58.5 Å². The molecule has 0 bridgehead atoms. The Balaban J connectivity index is 2.00. The number of aliphatic imine (C=N–C) groups is 1. The van der Waals surface area contributed by atoms with Gasteiger partial charge in [-0.15, -0.1) is 0 Å². The Labute approximate surface area is 163 Å². The molecule has 7 heteroatoms. The summed E-state index contributed by atoms with van der Waals surface area (Å²) in [7, 11) is 3.13. The zero-order valence-corrected chi connectivity index (χ0v) is 16.3. The van der Waals surface area contributed by atoms with Gasteiger partial charge in [0, 0.05) is 0 Å². The maximum Gasteiger partial charge on any atom is 0.363 e. The fraction of sp³-hybridized carbons (Fsp3) is 0.111. The molecule has 0 atom stereocenters. The van der Waals surface area contributed by atoms with E-state index < -0.39 is 5.97 Å². The van der Waals surface area contributed by atoms with Crippen LogP contribution in [0.4, 0.5) is 0 Å². The lowest BCUT2D eigenvalue weighted by atomic mass is 10.1. The van der Waals surface area contributed by atoms with Crippen molar-refractivity contribution >= 4 is 52.1 Å². The first-order valence-electron chi connectivity index (χ1n) is 7.22. The highest BCUT2D eigenvalue weighted by Crippen LogP contribution is 2.34. The van der Waals surface area contributed by atoms with Gasteiger partial charge in [0.25, 0.3) is 0 Å². The zero-order chi connectivity index (χ0) is 18.0. The molecule has 2 aromatic rings. The highest BCUT2D eigenvalue weighted by molar-refractivity contribution is 14.1. The lowest BCUT2D eigenvalue weighted by Gasteiger charge is -2.10. The number of nitrogens with zero attached hydrogens (tertiary/aromatic N) is 1. The first-order chi connectivity index (χ1) is 12.0.